The lowest BCUT2D eigenvalue weighted by atomic mass is 9.97. The fraction of sp³-hybridized carbons (Fsp3) is 0.800. The van der Waals surface area contributed by atoms with Crippen LogP contribution in [0.25, 0.3) is 0 Å². The second-order valence-corrected chi connectivity index (χ2v) is 4.92. The molecule has 1 aromatic rings. The zero-order valence-electron chi connectivity index (χ0n) is 11.1. The van der Waals surface area contributed by atoms with Gasteiger partial charge in [-0.2, -0.15) is 22.0 Å². The van der Waals surface area contributed by atoms with Gasteiger partial charge in [-0.3, -0.25) is 4.79 Å². The van der Waals surface area contributed by atoms with E-state index in [-0.39, 0.29) is 17.0 Å². The molecule has 11 heteroatoms. The molecule has 1 unspecified atom stereocenters. The van der Waals surface area contributed by atoms with Gasteiger partial charge < -0.3 is 5.11 Å². The van der Waals surface area contributed by atoms with Crippen molar-refractivity contribution in [2.24, 2.45) is 11.8 Å². The van der Waals surface area contributed by atoms with Crippen LogP contribution in [0.2, 0.25) is 0 Å². The van der Waals surface area contributed by atoms with Crippen molar-refractivity contribution in [1.29, 1.82) is 0 Å². The van der Waals surface area contributed by atoms with E-state index in [2.05, 4.69) is 15.5 Å². The minimum Gasteiger partial charge on any atom is -0.481 e. The van der Waals surface area contributed by atoms with E-state index in [1.54, 1.807) is 13.8 Å². The van der Waals surface area contributed by atoms with Crippen LogP contribution in [0.1, 0.15) is 26.1 Å². The number of carboxylic acid groups (broad SMARTS) is 1. The normalized spacial score (nSPS) is 14.5. The molecule has 0 fully saturated rings. The molecule has 0 aliphatic heterocycles. The summed E-state index contributed by atoms with van der Waals surface area (Å²) in [4.78, 5) is 11.0. The highest BCUT2D eigenvalue weighted by Gasteiger charge is 2.62. The Morgan fingerprint density at radius 2 is 1.86 bits per heavy atom. The lowest BCUT2D eigenvalue weighted by Crippen LogP contribution is -2.37. The molecule has 0 saturated heterocycles. The maximum absolute atomic E-state index is 13.2. The van der Waals surface area contributed by atoms with E-state index < -0.39 is 36.4 Å². The molecule has 1 rings (SSSR count). The number of aromatic nitrogens is 4. The van der Waals surface area contributed by atoms with Gasteiger partial charge in [0.2, 0.25) is 5.82 Å². The monoisotopic (exact) mass is 316 g/mol. The summed E-state index contributed by atoms with van der Waals surface area (Å²) in [5.74, 6) is -9.55. The minimum absolute atomic E-state index is 0.0887. The molecule has 0 amide bonds. The van der Waals surface area contributed by atoms with Crippen LogP contribution in [0.15, 0.2) is 0 Å². The lowest BCUT2D eigenvalue weighted by Gasteiger charge is -2.20. The van der Waals surface area contributed by atoms with E-state index in [0.717, 1.165) is 0 Å². The third-order valence-electron chi connectivity index (χ3n) is 2.67. The zero-order valence-corrected chi connectivity index (χ0v) is 11.1. The molecule has 1 heterocycles. The summed E-state index contributed by atoms with van der Waals surface area (Å²) in [5.41, 5.74) is 0. The Hall–Kier alpha value is -1.81. The Kier molecular flexibility index (Phi) is 4.84. The van der Waals surface area contributed by atoms with Crippen molar-refractivity contribution in [2.75, 3.05) is 0 Å². The second kappa shape index (κ2) is 5.90. The van der Waals surface area contributed by atoms with Gasteiger partial charge in [-0.15, -0.1) is 5.10 Å². The van der Waals surface area contributed by atoms with Gasteiger partial charge in [-0.05, 0) is 22.8 Å². The largest absolute Gasteiger partial charge is 0.481 e. The van der Waals surface area contributed by atoms with Crippen molar-refractivity contribution in [3.8, 4) is 0 Å². The Balaban J connectivity index is 3.06. The van der Waals surface area contributed by atoms with Crippen molar-refractivity contribution in [3.05, 3.63) is 5.82 Å². The van der Waals surface area contributed by atoms with Crippen molar-refractivity contribution >= 4 is 5.97 Å². The van der Waals surface area contributed by atoms with E-state index in [4.69, 9.17) is 5.11 Å². The van der Waals surface area contributed by atoms with Crippen LogP contribution in [0.3, 0.4) is 0 Å². The first-order valence-corrected chi connectivity index (χ1v) is 5.90. The number of aliphatic carboxylic acids is 1. The van der Waals surface area contributed by atoms with Gasteiger partial charge in [0.1, 0.15) is 0 Å². The summed E-state index contributed by atoms with van der Waals surface area (Å²) in [6.07, 6.45) is -5.78. The Morgan fingerprint density at radius 1 is 1.29 bits per heavy atom. The molecule has 1 atom stereocenters. The molecule has 1 N–H and O–H groups in total. The first kappa shape index (κ1) is 17.2. The smallest absolute Gasteiger partial charge is 0.461 e. The third kappa shape index (κ3) is 3.85. The van der Waals surface area contributed by atoms with Gasteiger partial charge in [0.25, 0.3) is 0 Å². The maximum Gasteiger partial charge on any atom is 0.461 e. The summed E-state index contributed by atoms with van der Waals surface area (Å²) in [5, 5.41) is 17.5. The predicted octanol–water partition coefficient (Wildman–Crippen LogP) is 2.07. The van der Waals surface area contributed by atoms with E-state index in [1.807, 2.05) is 0 Å². The van der Waals surface area contributed by atoms with Gasteiger partial charge in [-0.1, -0.05) is 13.8 Å². The van der Waals surface area contributed by atoms with Gasteiger partial charge in [0.15, 0.2) is 0 Å². The molecule has 0 aliphatic rings. The highest BCUT2D eigenvalue weighted by molar-refractivity contribution is 5.69. The molecule has 0 saturated carbocycles. The Morgan fingerprint density at radius 3 is 2.29 bits per heavy atom. The van der Waals surface area contributed by atoms with Gasteiger partial charge in [-0.25, -0.2) is 4.68 Å². The summed E-state index contributed by atoms with van der Waals surface area (Å²) in [6, 6.07) is 0. The fourth-order valence-corrected chi connectivity index (χ4v) is 1.71. The average molecular weight is 316 g/mol. The van der Waals surface area contributed by atoms with Crippen molar-refractivity contribution in [3.63, 3.8) is 0 Å². The maximum atomic E-state index is 13.2. The van der Waals surface area contributed by atoms with Crippen LogP contribution in [0.4, 0.5) is 22.0 Å². The van der Waals surface area contributed by atoms with Crippen LogP contribution >= 0.6 is 0 Å². The van der Waals surface area contributed by atoms with Gasteiger partial charge >= 0.3 is 18.1 Å². The number of carboxylic acids is 1. The molecule has 0 bridgehead atoms. The SMILES string of the molecule is CC(C)CC(Cn1nnnc1C(F)(F)C(F)(F)F)C(=O)O. The number of nitrogens with zero attached hydrogens (tertiary/aromatic N) is 4. The molecular weight excluding hydrogens is 303 g/mol. The average Bonchev–Trinajstić information content (AvgIpc) is 2.74. The number of tetrazole rings is 1. The number of halogens is 5. The van der Waals surface area contributed by atoms with Crippen molar-refractivity contribution in [1.82, 2.24) is 20.2 Å². The Labute approximate surface area is 115 Å². The summed E-state index contributed by atoms with van der Waals surface area (Å²) in [6.45, 7) is 2.73. The Bertz CT molecular complexity index is 500. The fourth-order valence-electron chi connectivity index (χ4n) is 1.71. The van der Waals surface area contributed by atoms with Gasteiger partial charge in [0, 0.05) is 0 Å². The number of alkyl halides is 5. The highest BCUT2D eigenvalue weighted by atomic mass is 19.4. The van der Waals surface area contributed by atoms with E-state index >= 15 is 0 Å². The molecule has 0 radical (unpaired) electrons. The molecule has 0 spiro atoms. The van der Waals surface area contributed by atoms with Crippen molar-refractivity contribution in [2.45, 2.75) is 38.9 Å². The second-order valence-electron chi connectivity index (χ2n) is 4.92. The van der Waals surface area contributed by atoms with Gasteiger partial charge in [0.05, 0.1) is 12.5 Å². The number of hydrogen-bond acceptors (Lipinski definition) is 4. The van der Waals surface area contributed by atoms with E-state index in [0.29, 0.717) is 0 Å². The molecule has 0 aromatic carbocycles. The number of hydrogen-bond donors (Lipinski definition) is 1. The lowest BCUT2D eigenvalue weighted by molar-refractivity contribution is -0.293. The number of carbonyl (C=O) groups is 1. The first-order valence-electron chi connectivity index (χ1n) is 5.90. The topological polar surface area (TPSA) is 80.9 Å². The summed E-state index contributed by atoms with van der Waals surface area (Å²) < 4.78 is 63.6. The summed E-state index contributed by atoms with van der Waals surface area (Å²) >= 11 is 0. The molecule has 6 nitrogen and oxygen atoms in total. The van der Waals surface area contributed by atoms with Crippen LogP contribution in [0, 0.1) is 11.8 Å². The summed E-state index contributed by atoms with van der Waals surface area (Å²) in [7, 11) is 0. The molecule has 21 heavy (non-hydrogen) atoms. The number of rotatable bonds is 6. The standard InChI is InChI=1S/C10H13F5N4O2/c1-5(2)3-6(7(20)21)4-19-8(16-17-18-19)9(11,12)10(13,14)15/h5-6H,3-4H2,1-2H3,(H,20,21). The minimum atomic E-state index is -5.86. The first-order chi connectivity index (χ1) is 9.46. The molecular formula is C10H13F5N4O2. The van der Waals surface area contributed by atoms with E-state index in [1.165, 1.54) is 0 Å². The van der Waals surface area contributed by atoms with Crippen LogP contribution in [-0.4, -0.2) is 37.5 Å². The van der Waals surface area contributed by atoms with Crippen LogP contribution < -0.4 is 0 Å². The zero-order chi connectivity index (χ0) is 16.4. The van der Waals surface area contributed by atoms with Crippen LogP contribution in [-0.2, 0) is 17.3 Å². The molecule has 1 aromatic heterocycles. The third-order valence-corrected chi connectivity index (χ3v) is 2.67. The quantitative estimate of drug-likeness (QED) is 0.813. The highest BCUT2D eigenvalue weighted by Crippen LogP contribution is 2.42. The molecule has 120 valence electrons. The van der Waals surface area contributed by atoms with Crippen molar-refractivity contribution < 1.29 is 31.9 Å². The predicted molar refractivity (Wildman–Crippen MR) is 58.3 cm³/mol. The molecule has 0 aliphatic carbocycles. The van der Waals surface area contributed by atoms with Crippen LogP contribution in [0.5, 0.6) is 0 Å². The van der Waals surface area contributed by atoms with E-state index in [9.17, 15) is 26.7 Å².